The molecule has 140 valence electrons. The summed E-state index contributed by atoms with van der Waals surface area (Å²) in [7, 11) is 0. The van der Waals surface area contributed by atoms with Crippen LogP contribution in [-0.2, 0) is 16.1 Å². The van der Waals surface area contributed by atoms with Gasteiger partial charge in [-0.05, 0) is 42.6 Å². The van der Waals surface area contributed by atoms with Gasteiger partial charge in [-0.25, -0.2) is 13.9 Å². The number of halogens is 2. The fraction of sp³-hybridized carbons (Fsp3) is 0.167. The monoisotopic (exact) mass is 407 g/mol. The molecule has 1 amide bonds. The molecule has 9 heteroatoms. The van der Waals surface area contributed by atoms with Crippen LogP contribution in [0, 0.1) is 12.7 Å². The molecule has 0 saturated carbocycles. The van der Waals surface area contributed by atoms with Crippen LogP contribution in [0.25, 0.3) is 5.69 Å². The van der Waals surface area contributed by atoms with Gasteiger partial charge in [0.15, 0.2) is 6.61 Å². The van der Waals surface area contributed by atoms with Crippen LogP contribution in [0.15, 0.2) is 41.8 Å². The predicted molar refractivity (Wildman–Crippen MR) is 99.7 cm³/mol. The predicted octanol–water partition coefficient (Wildman–Crippen LogP) is 3.51. The number of esters is 1. The highest BCUT2D eigenvalue weighted by molar-refractivity contribution is 7.09. The topological polar surface area (TPSA) is 73.2 Å². The van der Waals surface area contributed by atoms with E-state index in [0.717, 1.165) is 4.88 Å². The molecule has 0 aliphatic carbocycles. The minimum absolute atomic E-state index is 0.0306. The third-order valence-corrected chi connectivity index (χ3v) is 4.88. The fourth-order valence-electron chi connectivity index (χ4n) is 2.34. The second-order valence-electron chi connectivity index (χ2n) is 5.57. The highest BCUT2D eigenvalue weighted by atomic mass is 35.5. The Bertz CT molecular complexity index is 955. The summed E-state index contributed by atoms with van der Waals surface area (Å²) >= 11 is 7.77. The second-order valence-corrected chi connectivity index (χ2v) is 6.96. The number of carbonyl (C=O) groups is 2. The van der Waals surface area contributed by atoms with Crippen LogP contribution in [0.1, 0.15) is 20.9 Å². The number of nitrogens with zero attached hydrogens (tertiary/aromatic N) is 2. The van der Waals surface area contributed by atoms with E-state index in [1.165, 1.54) is 40.3 Å². The minimum atomic E-state index is -0.753. The van der Waals surface area contributed by atoms with E-state index >= 15 is 0 Å². The first-order chi connectivity index (χ1) is 13.0. The lowest BCUT2D eigenvalue weighted by atomic mass is 10.2. The van der Waals surface area contributed by atoms with E-state index < -0.39 is 24.3 Å². The molecule has 3 aromatic rings. The van der Waals surface area contributed by atoms with Gasteiger partial charge < -0.3 is 10.1 Å². The van der Waals surface area contributed by atoms with Crippen molar-refractivity contribution >= 4 is 34.8 Å². The zero-order valence-electron chi connectivity index (χ0n) is 14.2. The van der Waals surface area contributed by atoms with Gasteiger partial charge in [-0.3, -0.25) is 4.79 Å². The van der Waals surface area contributed by atoms with Crippen molar-refractivity contribution < 1.29 is 18.7 Å². The number of hydrogen-bond acceptors (Lipinski definition) is 5. The zero-order chi connectivity index (χ0) is 19.4. The van der Waals surface area contributed by atoms with Crippen molar-refractivity contribution in [1.82, 2.24) is 15.1 Å². The lowest BCUT2D eigenvalue weighted by molar-refractivity contribution is -0.124. The van der Waals surface area contributed by atoms with Gasteiger partial charge >= 0.3 is 5.97 Å². The molecule has 1 aromatic carbocycles. The summed E-state index contributed by atoms with van der Waals surface area (Å²) in [6.07, 6.45) is 0. The smallest absolute Gasteiger partial charge is 0.343 e. The molecule has 2 aromatic heterocycles. The Morgan fingerprint density at radius 2 is 2.04 bits per heavy atom. The molecule has 0 fully saturated rings. The Morgan fingerprint density at radius 3 is 2.70 bits per heavy atom. The molecule has 6 nitrogen and oxygen atoms in total. The van der Waals surface area contributed by atoms with Crippen LogP contribution < -0.4 is 5.32 Å². The first-order valence-corrected chi connectivity index (χ1v) is 9.18. The minimum Gasteiger partial charge on any atom is -0.452 e. The maximum Gasteiger partial charge on any atom is 0.343 e. The van der Waals surface area contributed by atoms with Crippen LogP contribution in [0.2, 0.25) is 5.15 Å². The van der Waals surface area contributed by atoms with Crippen LogP contribution in [0.5, 0.6) is 0 Å². The molecule has 27 heavy (non-hydrogen) atoms. The summed E-state index contributed by atoms with van der Waals surface area (Å²) in [5.74, 6) is -1.57. The molecule has 0 unspecified atom stereocenters. The van der Waals surface area contributed by atoms with E-state index in [1.54, 1.807) is 6.92 Å². The summed E-state index contributed by atoms with van der Waals surface area (Å²) in [5, 5.41) is 8.79. The van der Waals surface area contributed by atoms with Crippen LogP contribution in [0.4, 0.5) is 4.39 Å². The van der Waals surface area contributed by atoms with Gasteiger partial charge in [0.05, 0.1) is 17.9 Å². The van der Waals surface area contributed by atoms with Gasteiger partial charge in [0.25, 0.3) is 5.91 Å². The van der Waals surface area contributed by atoms with Crippen molar-refractivity contribution in [1.29, 1.82) is 0 Å². The first-order valence-electron chi connectivity index (χ1n) is 7.93. The SMILES string of the molecule is Cc1nn(-c2ccc(F)cc2)c(Cl)c1C(=O)OCC(=O)NCc1cccs1. The molecule has 0 spiro atoms. The molecule has 0 atom stereocenters. The maximum absolute atomic E-state index is 13.1. The molecule has 2 heterocycles. The number of thiophene rings is 1. The van der Waals surface area contributed by atoms with E-state index in [2.05, 4.69) is 10.4 Å². The molecule has 0 radical (unpaired) electrons. The lowest BCUT2D eigenvalue weighted by Crippen LogP contribution is -2.28. The van der Waals surface area contributed by atoms with Crippen molar-refractivity contribution in [2.75, 3.05) is 6.61 Å². The average molecular weight is 408 g/mol. The van der Waals surface area contributed by atoms with Crippen molar-refractivity contribution in [3.63, 3.8) is 0 Å². The Hall–Kier alpha value is -2.71. The largest absolute Gasteiger partial charge is 0.452 e. The third kappa shape index (κ3) is 4.53. The normalized spacial score (nSPS) is 10.6. The Morgan fingerprint density at radius 1 is 1.30 bits per heavy atom. The summed E-state index contributed by atoms with van der Waals surface area (Å²) in [5.41, 5.74) is 0.901. The summed E-state index contributed by atoms with van der Waals surface area (Å²) in [6.45, 7) is 1.54. The molecule has 1 N–H and O–H groups in total. The van der Waals surface area contributed by atoms with Crippen LogP contribution in [-0.4, -0.2) is 28.3 Å². The molecule has 0 bridgehead atoms. The van der Waals surface area contributed by atoms with E-state index in [9.17, 15) is 14.0 Å². The number of benzene rings is 1. The number of carbonyl (C=O) groups excluding carboxylic acids is 2. The van der Waals surface area contributed by atoms with Crippen LogP contribution >= 0.6 is 22.9 Å². The molecular formula is C18H15ClFN3O3S. The second kappa shape index (κ2) is 8.32. The summed E-state index contributed by atoms with van der Waals surface area (Å²) < 4.78 is 19.4. The summed E-state index contributed by atoms with van der Waals surface area (Å²) in [6, 6.07) is 9.28. The van der Waals surface area contributed by atoms with Crippen molar-refractivity contribution in [2.24, 2.45) is 0 Å². The number of hydrogen-bond donors (Lipinski definition) is 1. The van der Waals surface area contributed by atoms with Gasteiger partial charge in [0.2, 0.25) is 0 Å². The number of aryl methyl sites for hydroxylation is 1. The Kier molecular flexibility index (Phi) is 5.88. The van der Waals surface area contributed by atoms with Crippen molar-refractivity contribution in [3.8, 4) is 5.69 Å². The van der Waals surface area contributed by atoms with Crippen molar-refractivity contribution in [3.05, 3.63) is 68.9 Å². The quantitative estimate of drug-likeness (QED) is 0.634. The Labute approximate surface area is 163 Å². The number of amides is 1. The van der Waals surface area contributed by atoms with E-state index in [4.69, 9.17) is 16.3 Å². The number of ether oxygens (including phenoxy) is 1. The fourth-order valence-corrected chi connectivity index (χ4v) is 3.33. The van der Waals surface area contributed by atoms with E-state index in [0.29, 0.717) is 17.9 Å². The number of rotatable bonds is 6. The molecule has 0 saturated heterocycles. The third-order valence-electron chi connectivity index (χ3n) is 3.65. The summed E-state index contributed by atoms with van der Waals surface area (Å²) in [4.78, 5) is 25.1. The van der Waals surface area contributed by atoms with Gasteiger partial charge in [0.1, 0.15) is 16.5 Å². The van der Waals surface area contributed by atoms with Gasteiger partial charge in [-0.15, -0.1) is 11.3 Å². The average Bonchev–Trinajstić information content (AvgIpc) is 3.26. The highest BCUT2D eigenvalue weighted by Gasteiger charge is 2.23. The number of nitrogens with one attached hydrogen (secondary N) is 1. The maximum atomic E-state index is 13.1. The number of aromatic nitrogens is 2. The molecule has 0 aliphatic heterocycles. The lowest BCUT2D eigenvalue weighted by Gasteiger charge is -2.06. The van der Waals surface area contributed by atoms with Gasteiger partial charge in [-0.1, -0.05) is 17.7 Å². The van der Waals surface area contributed by atoms with Gasteiger partial charge in [0, 0.05) is 4.88 Å². The van der Waals surface area contributed by atoms with Gasteiger partial charge in [-0.2, -0.15) is 5.10 Å². The highest BCUT2D eigenvalue weighted by Crippen LogP contribution is 2.24. The standard InChI is InChI=1S/C18H15ClFN3O3S/c1-11-16(17(19)23(22-11)13-6-4-12(20)5-7-13)18(25)26-10-15(24)21-9-14-3-2-8-27-14/h2-8H,9-10H2,1H3,(H,21,24). The Balaban J connectivity index is 1.64. The molecule has 0 aliphatic rings. The molecular weight excluding hydrogens is 393 g/mol. The first kappa shape index (κ1) is 19.1. The van der Waals surface area contributed by atoms with Crippen molar-refractivity contribution in [2.45, 2.75) is 13.5 Å². The molecule has 3 rings (SSSR count). The van der Waals surface area contributed by atoms with E-state index in [-0.39, 0.29) is 10.7 Å². The zero-order valence-corrected chi connectivity index (χ0v) is 15.8. The van der Waals surface area contributed by atoms with E-state index in [1.807, 2.05) is 17.5 Å². The van der Waals surface area contributed by atoms with Crippen LogP contribution in [0.3, 0.4) is 0 Å².